The molecule has 0 unspecified atom stereocenters. The Labute approximate surface area is 93.3 Å². The third-order valence-electron chi connectivity index (χ3n) is 2.30. The quantitative estimate of drug-likeness (QED) is 0.857. The second-order valence-electron chi connectivity index (χ2n) is 3.39. The Hall–Kier alpha value is -2.10. The standard InChI is InChI=1S/C12H12N2O2/c1-2-9-3-5-10(6-4-9)12(15)13-11-7-8-16-14-11/h3-8H,2H2,1H3,(H,13,14,15). The van der Waals surface area contributed by atoms with Crippen LogP contribution in [0.5, 0.6) is 0 Å². The predicted molar refractivity (Wildman–Crippen MR) is 60.3 cm³/mol. The van der Waals surface area contributed by atoms with Crippen LogP contribution >= 0.6 is 0 Å². The minimum Gasteiger partial charge on any atom is -0.363 e. The highest BCUT2D eigenvalue weighted by atomic mass is 16.5. The number of amides is 1. The summed E-state index contributed by atoms with van der Waals surface area (Å²) >= 11 is 0. The van der Waals surface area contributed by atoms with E-state index in [4.69, 9.17) is 0 Å². The summed E-state index contributed by atoms with van der Waals surface area (Å²) in [5.74, 6) is 0.237. The number of anilines is 1. The maximum absolute atomic E-state index is 11.7. The summed E-state index contributed by atoms with van der Waals surface area (Å²) in [4.78, 5) is 11.7. The molecule has 1 aromatic carbocycles. The fourth-order valence-corrected chi connectivity index (χ4v) is 1.36. The van der Waals surface area contributed by atoms with Crippen molar-refractivity contribution in [2.75, 3.05) is 5.32 Å². The van der Waals surface area contributed by atoms with Gasteiger partial charge >= 0.3 is 0 Å². The molecule has 0 saturated heterocycles. The number of hydrogen-bond acceptors (Lipinski definition) is 3. The van der Waals surface area contributed by atoms with Gasteiger partial charge in [0.2, 0.25) is 0 Å². The summed E-state index contributed by atoms with van der Waals surface area (Å²) < 4.78 is 4.62. The van der Waals surface area contributed by atoms with Crippen LogP contribution < -0.4 is 5.32 Å². The van der Waals surface area contributed by atoms with Crippen LogP contribution in [0.1, 0.15) is 22.8 Å². The van der Waals surface area contributed by atoms with E-state index in [1.165, 1.54) is 11.8 Å². The van der Waals surface area contributed by atoms with Crippen molar-refractivity contribution in [1.82, 2.24) is 5.16 Å². The molecule has 0 bridgehead atoms. The van der Waals surface area contributed by atoms with Crippen molar-refractivity contribution >= 4 is 11.7 Å². The summed E-state index contributed by atoms with van der Waals surface area (Å²) in [6, 6.07) is 9.08. The highest BCUT2D eigenvalue weighted by Crippen LogP contribution is 2.08. The fourth-order valence-electron chi connectivity index (χ4n) is 1.36. The van der Waals surface area contributed by atoms with Gasteiger partial charge in [-0.15, -0.1) is 0 Å². The molecule has 16 heavy (non-hydrogen) atoms. The fraction of sp³-hybridized carbons (Fsp3) is 0.167. The van der Waals surface area contributed by atoms with Gasteiger partial charge in [0.05, 0.1) is 0 Å². The molecule has 0 spiro atoms. The van der Waals surface area contributed by atoms with E-state index >= 15 is 0 Å². The van der Waals surface area contributed by atoms with Gasteiger partial charge in [-0.05, 0) is 24.1 Å². The van der Waals surface area contributed by atoms with E-state index in [1.54, 1.807) is 18.2 Å². The zero-order valence-corrected chi connectivity index (χ0v) is 8.93. The lowest BCUT2D eigenvalue weighted by molar-refractivity contribution is 0.102. The van der Waals surface area contributed by atoms with E-state index in [2.05, 4.69) is 21.9 Å². The molecule has 1 amide bonds. The average molecular weight is 216 g/mol. The molecule has 0 aliphatic carbocycles. The zero-order valence-electron chi connectivity index (χ0n) is 8.93. The van der Waals surface area contributed by atoms with Crippen LogP contribution in [0.15, 0.2) is 41.1 Å². The lowest BCUT2D eigenvalue weighted by Crippen LogP contribution is -2.11. The van der Waals surface area contributed by atoms with Crippen molar-refractivity contribution in [2.24, 2.45) is 0 Å². The Kier molecular flexibility index (Phi) is 3.00. The second kappa shape index (κ2) is 4.61. The molecule has 0 fully saturated rings. The first-order valence-electron chi connectivity index (χ1n) is 5.10. The minimum atomic E-state index is -0.184. The highest BCUT2D eigenvalue weighted by molar-refractivity contribution is 6.03. The first kappa shape index (κ1) is 10.4. The van der Waals surface area contributed by atoms with Crippen molar-refractivity contribution in [3.8, 4) is 0 Å². The summed E-state index contributed by atoms with van der Waals surface area (Å²) in [5, 5.41) is 6.24. The Balaban J connectivity index is 2.09. The molecule has 4 nitrogen and oxygen atoms in total. The van der Waals surface area contributed by atoms with Gasteiger partial charge in [0.1, 0.15) is 6.26 Å². The SMILES string of the molecule is CCc1ccc(C(=O)Nc2ccon2)cc1. The summed E-state index contributed by atoms with van der Waals surface area (Å²) in [6.45, 7) is 2.07. The number of rotatable bonds is 3. The van der Waals surface area contributed by atoms with Crippen LogP contribution in [-0.4, -0.2) is 11.1 Å². The molecular formula is C12H12N2O2. The molecule has 2 rings (SSSR count). The van der Waals surface area contributed by atoms with Crippen LogP contribution in [0.4, 0.5) is 5.82 Å². The van der Waals surface area contributed by atoms with Crippen molar-refractivity contribution in [2.45, 2.75) is 13.3 Å². The van der Waals surface area contributed by atoms with Crippen LogP contribution in [-0.2, 0) is 6.42 Å². The second-order valence-corrected chi connectivity index (χ2v) is 3.39. The van der Waals surface area contributed by atoms with E-state index in [1.807, 2.05) is 12.1 Å². The van der Waals surface area contributed by atoms with Gasteiger partial charge in [-0.1, -0.05) is 24.2 Å². The molecule has 1 aromatic heterocycles. The molecule has 2 aromatic rings. The van der Waals surface area contributed by atoms with Gasteiger partial charge in [0.15, 0.2) is 5.82 Å². The normalized spacial score (nSPS) is 10.1. The molecule has 4 heteroatoms. The lowest BCUT2D eigenvalue weighted by Gasteiger charge is -2.02. The van der Waals surface area contributed by atoms with Crippen molar-refractivity contribution in [1.29, 1.82) is 0 Å². The number of nitrogens with zero attached hydrogens (tertiary/aromatic N) is 1. The average Bonchev–Trinajstić information content (AvgIpc) is 2.82. The monoisotopic (exact) mass is 216 g/mol. The molecule has 1 heterocycles. The van der Waals surface area contributed by atoms with Gasteiger partial charge in [0, 0.05) is 11.6 Å². The van der Waals surface area contributed by atoms with Gasteiger partial charge in [-0.25, -0.2) is 0 Å². The number of nitrogens with one attached hydrogen (secondary N) is 1. The van der Waals surface area contributed by atoms with Crippen LogP contribution in [0.25, 0.3) is 0 Å². The number of carbonyl (C=O) groups excluding carboxylic acids is 1. The predicted octanol–water partition coefficient (Wildman–Crippen LogP) is 2.49. The maximum Gasteiger partial charge on any atom is 0.256 e. The number of hydrogen-bond donors (Lipinski definition) is 1. The van der Waals surface area contributed by atoms with Crippen molar-refractivity contribution < 1.29 is 9.32 Å². The molecule has 0 saturated carbocycles. The third kappa shape index (κ3) is 2.28. The third-order valence-corrected chi connectivity index (χ3v) is 2.30. The number of benzene rings is 1. The largest absolute Gasteiger partial charge is 0.363 e. The van der Waals surface area contributed by atoms with Gasteiger partial charge < -0.3 is 9.84 Å². The van der Waals surface area contributed by atoms with E-state index < -0.39 is 0 Å². The lowest BCUT2D eigenvalue weighted by atomic mass is 10.1. The van der Waals surface area contributed by atoms with Crippen molar-refractivity contribution in [3.63, 3.8) is 0 Å². The van der Waals surface area contributed by atoms with E-state index in [0.717, 1.165) is 6.42 Å². The first-order valence-corrected chi connectivity index (χ1v) is 5.10. The highest BCUT2D eigenvalue weighted by Gasteiger charge is 2.06. The molecular weight excluding hydrogens is 204 g/mol. The first-order chi connectivity index (χ1) is 7.79. The number of carbonyl (C=O) groups is 1. The molecule has 0 aliphatic heterocycles. The van der Waals surface area contributed by atoms with E-state index in [0.29, 0.717) is 11.4 Å². The van der Waals surface area contributed by atoms with E-state index in [9.17, 15) is 4.79 Å². The Morgan fingerprint density at radius 3 is 2.62 bits per heavy atom. The minimum absolute atomic E-state index is 0.184. The van der Waals surface area contributed by atoms with Crippen LogP contribution in [0.2, 0.25) is 0 Å². The zero-order chi connectivity index (χ0) is 11.4. The molecule has 0 atom stereocenters. The maximum atomic E-state index is 11.7. The summed E-state index contributed by atoms with van der Waals surface area (Å²) in [6.07, 6.45) is 2.38. The molecule has 1 N–H and O–H groups in total. The molecule has 0 radical (unpaired) electrons. The topological polar surface area (TPSA) is 55.1 Å². The summed E-state index contributed by atoms with van der Waals surface area (Å²) in [7, 11) is 0. The Morgan fingerprint density at radius 2 is 2.06 bits per heavy atom. The molecule has 82 valence electrons. The van der Waals surface area contributed by atoms with Crippen molar-refractivity contribution in [3.05, 3.63) is 47.7 Å². The Morgan fingerprint density at radius 1 is 1.31 bits per heavy atom. The van der Waals surface area contributed by atoms with Gasteiger partial charge in [-0.3, -0.25) is 4.79 Å². The van der Waals surface area contributed by atoms with Crippen LogP contribution in [0.3, 0.4) is 0 Å². The van der Waals surface area contributed by atoms with Gasteiger partial charge in [0.25, 0.3) is 5.91 Å². The number of aryl methyl sites for hydroxylation is 1. The smallest absolute Gasteiger partial charge is 0.256 e. The van der Waals surface area contributed by atoms with Gasteiger partial charge in [-0.2, -0.15) is 0 Å². The Bertz CT molecular complexity index is 460. The summed E-state index contributed by atoms with van der Waals surface area (Å²) in [5.41, 5.74) is 1.82. The van der Waals surface area contributed by atoms with E-state index in [-0.39, 0.29) is 5.91 Å². The van der Waals surface area contributed by atoms with Crippen LogP contribution in [0, 0.1) is 0 Å². The number of aromatic nitrogens is 1. The molecule has 0 aliphatic rings.